The zero-order valence-electron chi connectivity index (χ0n) is 12.4. The summed E-state index contributed by atoms with van der Waals surface area (Å²) in [4.78, 5) is 11.9. The first-order valence-electron chi connectivity index (χ1n) is 7.39. The molecule has 1 aliphatic heterocycles. The van der Waals surface area contributed by atoms with Gasteiger partial charge < -0.3 is 15.2 Å². The van der Waals surface area contributed by atoms with Gasteiger partial charge in [0.1, 0.15) is 5.75 Å². The van der Waals surface area contributed by atoms with Gasteiger partial charge in [0.15, 0.2) is 0 Å². The molecule has 0 spiro atoms. The van der Waals surface area contributed by atoms with Crippen LogP contribution in [0.4, 0.5) is 0 Å². The van der Waals surface area contributed by atoms with Crippen LogP contribution in [0.5, 0.6) is 5.75 Å². The van der Waals surface area contributed by atoms with Gasteiger partial charge in [-0.1, -0.05) is 19.9 Å². The first-order chi connectivity index (χ1) is 9.96. The number of amides is 1. The molecular weight excluding hydrogens is 266 g/mol. The number of aliphatic hydroxyl groups is 1. The first-order valence-corrected chi connectivity index (χ1v) is 7.39. The Bertz CT molecular complexity index is 592. The van der Waals surface area contributed by atoms with Crippen molar-refractivity contribution in [1.82, 2.24) is 5.32 Å². The number of hydrogen-bond donors (Lipinski definition) is 2. The summed E-state index contributed by atoms with van der Waals surface area (Å²) in [5.41, 5.74) is 1.96. The standard InChI is InChI=1S/C17H21NO3/c1-17(2)14(10-15(17)19)18-16(20)6-4-11-3-5-13-12(9-11)7-8-21-13/h3-6,9,14-15,19H,7-8,10H2,1-2H3,(H,18,20)/b6-4+. The average molecular weight is 287 g/mol. The van der Waals surface area contributed by atoms with E-state index >= 15 is 0 Å². The average Bonchev–Trinajstić information content (AvgIpc) is 2.92. The zero-order valence-corrected chi connectivity index (χ0v) is 12.4. The number of rotatable bonds is 3. The molecule has 2 unspecified atom stereocenters. The number of carbonyl (C=O) groups is 1. The molecule has 4 nitrogen and oxygen atoms in total. The SMILES string of the molecule is CC1(C)C(O)CC1NC(=O)/C=C/c1ccc2c(c1)CCO2. The summed E-state index contributed by atoms with van der Waals surface area (Å²) in [6, 6.07) is 6.00. The summed E-state index contributed by atoms with van der Waals surface area (Å²) in [5.74, 6) is 0.832. The van der Waals surface area contributed by atoms with E-state index in [1.54, 1.807) is 6.08 Å². The molecule has 1 amide bonds. The van der Waals surface area contributed by atoms with Crippen LogP contribution in [0.15, 0.2) is 24.3 Å². The number of aliphatic hydroxyl groups excluding tert-OH is 1. The molecule has 0 radical (unpaired) electrons. The second-order valence-electron chi connectivity index (χ2n) is 6.43. The van der Waals surface area contributed by atoms with Crippen molar-refractivity contribution >= 4 is 12.0 Å². The van der Waals surface area contributed by atoms with Crippen molar-refractivity contribution in [2.75, 3.05) is 6.61 Å². The summed E-state index contributed by atoms with van der Waals surface area (Å²) in [5, 5.41) is 12.6. The number of ether oxygens (including phenoxy) is 1. The van der Waals surface area contributed by atoms with Crippen molar-refractivity contribution in [3.8, 4) is 5.75 Å². The predicted octanol–water partition coefficient (Wildman–Crippen LogP) is 1.91. The zero-order chi connectivity index (χ0) is 15.0. The van der Waals surface area contributed by atoms with E-state index in [0.717, 1.165) is 24.3 Å². The minimum absolute atomic E-state index is 0.0399. The molecule has 21 heavy (non-hydrogen) atoms. The molecule has 1 aliphatic carbocycles. The fourth-order valence-corrected chi connectivity index (χ4v) is 2.85. The van der Waals surface area contributed by atoms with Crippen molar-refractivity contribution in [3.05, 3.63) is 35.4 Å². The molecular formula is C17H21NO3. The molecule has 1 heterocycles. The number of hydrogen-bond acceptors (Lipinski definition) is 3. The molecule has 4 heteroatoms. The van der Waals surface area contributed by atoms with Gasteiger partial charge >= 0.3 is 0 Å². The highest BCUT2D eigenvalue weighted by Crippen LogP contribution is 2.40. The number of carbonyl (C=O) groups excluding carboxylic acids is 1. The molecule has 0 saturated heterocycles. The Morgan fingerprint density at radius 2 is 2.29 bits per heavy atom. The van der Waals surface area contributed by atoms with E-state index in [4.69, 9.17) is 4.74 Å². The normalized spacial score (nSPS) is 26.0. The van der Waals surface area contributed by atoms with Crippen LogP contribution in [0.25, 0.3) is 6.08 Å². The lowest BCUT2D eigenvalue weighted by molar-refractivity contribution is -0.124. The first kappa shape index (κ1) is 14.1. The van der Waals surface area contributed by atoms with Crippen LogP contribution in [-0.2, 0) is 11.2 Å². The molecule has 2 N–H and O–H groups in total. The fraction of sp³-hybridized carbons (Fsp3) is 0.471. The Morgan fingerprint density at radius 3 is 3.00 bits per heavy atom. The lowest BCUT2D eigenvalue weighted by Crippen LogP contribution is -2.60. The molecule has 3 rings (SSSR count). The van der Waals surface area contributed by atoms with Crippen molar-refractivity contribution < 1.29 is 14.6 Å². The third-order valence-electron chi connectivity index (χ3n) is 4.67. The summed E-state index contributed by atoms with van der Waals surface area (Å²) < 4.78 is 5.46. The summed E-state index contributed by atoms with van der Waals surface area (Å²) in [7, 11) is 0. The Morgan fingerprint density at radius 1 is 1.48 bits per heavy atom. The highest BCUT2D eigenvalue weighted by atomic mass is 16.5. The van der Waals surface area contributed by atoms with Gasteiger partial charge in [-0.2, -0.15) is 0 Å². The van der Waals surface area contributed by atoms with Gasteiger partial charge in [-0.15, -0.1) is 0 Å². The summed E-state index contributed by atoms with van der Waals surface area (Å²) in [6.45, 7) is 4.68. The van der Waals surface area contributed by atoms with E-state index < -0.39 is 0 Å². The van der Waals surface area contributed by atoms with Gasteiger partial charge in [0.2, 0.25) is 5.91 Å². The van der Waals surface area contributed by atoms with Crippen LogP contribution < -0.4 is 10.1 Å². The molecule has 1 aromatic carbocycles. The third kappa shape index (κ3) is 2.68. The van der Waals surface area contributed by atoms with Crippen molar-refractivity contribution in [2.24, 2.45) is 5.41 Å². The van der Waals surface area contributed by atoms with E-state index in [2.05, 4.69) is 11.4 Å². The lowest BCUT2D eigenvalue weighted by Gasteiger charge is -2.49. The Kier molecular flexibility index (Phi) is 3.49. The second-order valence-corrected chi connectivity index (χ2v) is 6.43. The molecule has 112 valence electrons. The van der Waals surface area contributed by atoms with E-state index in [9.17, 15) is 9.90 Å². The van der Waals surface area contributed by atoms with Crippen molar-refractivity contribution in [2.45, 2.75) is 38.8 Å². The van der Waals surface area contributed by atoms with Crippen molar-refractivity contribution in [3.63, 3.8) is 0 Å². The predicted molar refractivity (Wildman–Crippen MR) is 81.0 cm³/mol. The monoisotopic (exact) mass is 287 g/mol. The second kappa shape index (κ2) is 5.19. The quantitative estimate of drug-likeness (QED) is 0.835. The van der Waals surface area contributed by atoms with Gasteiger partial charge in [-0.3, -0.25) is 4.79 Å². The minimum Gasteiger partial charge on any atom is -0.493 e. The maximum Gasteiger partial charge on any atom is 0.244 e. The highest BCUT2D eigenvalue weighted by molar-refractivity contribution is 5.92. The van der Waals surface area contributed by atoms with E-state index in [0.29, 0.717) is 6.42 Å². The topological polar surface area (TPSA) is 58.6 Å². The van der Waals surface area contributed by atoms with Crippen LogP contribution in [0.2, 0.25) is 0 Å². The molecule has 1 aromatic rings. The molecule has 0 bridgehead atoms. The smallest absolute Gasteiger partial charge is 0.244 e. The number of nitrogens with one attached hydrogen (secondary N) is 1. The van der Waals surface area contributed by atoms with Crippen LogP contribution in [0.3, 0.4) is 0 Å². The van der Waals surface area contributed by atoms with Gasteiger partial charge in [-0.05, 0) is 35.8 Å². The Hall–Kier alpha value is -1.81. The van der Waals surface area contributed by atoms with Crippen LogP contribution in [0.1, 0.15) is 31.4 Å². The number of benzene rings is 1. The molecule has 0 aromatic heterocycles. The number of fused-ring (bicyclic) bond motifs is 1. The van der Waals surface area contributed by atoms with Gasteiger partial charge in [0.05, 0.1) is 12.7 Å². The fourth-order valence-electron chi connectivity index (χ4n) is 2.85. The van der Waals surface area contributed by atoms with E-state index in [1.165, 1.54) is 5.56 Å². The van der Waals surface area contributed by atoms with Crippen molar-refractivity contribution in [1.29, 1.82) is 0 Å². The van der Waals surface area contributed by atoms with E-state index in [1.807, 2.05) is 32.1 Å². The molecule has 2 atom stereocenters. The Labute approximate surface area is 124 Å². The summed E-state index contributed by atoms with van der Waals surface area (Å²) in [6.07, 6.45) is 4.59. The summed E-state index contributed by atoms with van der Waals surface area (Å²) >= 11 is 0. The molecule has 1 fully saturated rings. The maximum absolute atomic E-state index is 11.9. The van der Waals surface area contributed by atoms with Gasteiger partial charge in [0, 0.05) is 24.0 Å². The molecule has 1 saturated carbocycles. The Balaban J connectivity index is 1.60. The minimum atomic E-state index is -0.330. The third-order valence-corrected chi connectivity index (χ3v) is 4.67. The van der Waals surface area contributed by atoms with E-state index in [-0.39, 0.29) is 23.5 Å². The maximum atomic E-state index is 11.9. The van der Waals surface area contributed by atoms with Crippen LogP contribution in [0, 0.1) is 5.41 Å². The lowest BCUT2D eigenvalue weighted by atomic mass is 9.64. The van der Waals surface area contributed by atoms with Crippen LogP contribution >= 0.6 is 0 Å². The van der Waals surface area contributed by atoms with Crippen LogP contribution in [-0.4, -0.2) is 29.8 Å². The van der Waals surface area contributed by atoms with Gasteiger partial charge in [0.25, 0.3) is 0 Å². The largest absolute Gasteiger partial charge is 0.493 e. The molecule has 2 aliphatic rings. The highest BCUT2D eigenvalue weighted by Gasteiger charge is 2.47. The van der Waals surface area contributed by atoms with Gasteiger partial charge in [-0.25, -0.2) is 0 Å².